The lowest BCUT2D eigenvalue weighted by molar-refractivity contribution is -0.111. The van der Waals surface area contributed by atoms with Gasteiger partial charge in [0.1, 0.15) is 17.3 Å². The van der Waals surface area contributed by atoms with Gasteiger partial charge in [-0.25, -0.2) is 4.98 Å². The van der Waals surface area contributed by atoms with Crippen molar-refractivity contribution < 1.29 is 14.3 Å². The van der Waals surface area contributed by atoms with Crippen LogP contribution >= 0.6 is 11.6 Å². The van der Waals surface area contributed by atoms with Crippen LogP contribution < -0.4 is 14.8 Å². The van der Waals surface area contributed by atoms with Crippen LogP contribution in [0.15, 0.2) is 42.6 Å². The van der Waals surface area contributed by atoms with Crippen LogP contribution in [0.25, 0.3) is 6.08 Å². The number of carbonyl (C=O) groups is 1. The third kappa shape index (κ3) is 4.23. The van der Waals surface area contributed by atoms with Gasteiger partial charge in [0, 0.05) is 22.9 Å². The van der Waals surface area contributed by atoms with Gasteiger partial charge in [0.25, 0.3) is 0 Å². The van der Waals surface area contributed by atoms with Gasteiger partial charge in [0.05, 0.1) is 14.2 Å². The number of carbonyl (C=O) groups excluding carboxylic acids is 1. The van der Waals surface area contributed by atoms with Crippen LogP contribution in [0, 0.1) is 0 Å². The molecule has 114 valence electrons. The van der Waals surface area contributed by atoms with Crippen molar-refractivity contribution in [3.8, 4) is 11.5 Å². The SMILES string of the molecule is COc1ccc(OC)c(/C=C/C(=O)Nc2cc(Cl)ccn2)c1. The smallest absolute Gasteiger partial charge is 0.249 e. The third-order valence-electron chi connectivity index (χ3n) is 2.82. The number of pyridine rings is 1. The van der Waals surface area contributed by atoms with Gasteiger partial charge in [0.2, 0.25) is 5.91 Å². The van der Waals surface area contributed by atoms with Crippen molar-refractivity contribution in [1.29, 1.82) is 0 Å². The molecule has 2 rings (SSSR count). The number of ether oxygens (including phenoxy) is 2. The standard InChI is InChI=1S/C16H15ClN2O3/c1-21-13-4-5-14(22-2)11(9-13)3-6-16(20)19-15-10-12(17)7-8-18-15/h3-10H,1-2H3,(H,18,19,20)/b6-3+. The molecule has 0 aliphatic heterocycles. The van der Waals surface area contributed by atoms with E-state index in [1.54, 1.807) is 50.6 Å². The summed E-state index contributed by atoms with van der Waals surface area (Å²) < 4.78 is 10.4. The molecule has 0 saturated heterocycles. The van der Waals surface area contributed by atoms with Gasteiger partial charge >= 0.3 is 0 Å². The lowest BCUT2D eigenvalue weighted by Gasteiger charge is -2.07. The number of rotatable bonds is 5. The predicted octanol–water partition coefficient (Wildman–Crippen LogP) is 3.40. The Balaban J connectivity index is 2.12. The number of anilines is 1. The van der Waals surface area contributed by atoms with Crippen LogP contribution in [0.1, 0.15) is 5.56 Å². The molecule has 0 aliphatic carbocycles. The molecule has 0 aliphatic rings. The highest BCUT2D eigenvalue weighted by Crippen LogP contribution is 2.25. The molecule has 5 nitrogen and oxygen atoms in total. The summed E-state index contributed by atoms with van der Waals surface area (Å²) in [5.41, 5.74) is 0.732. The van der Waals surface area contributed by atoms with Crippen molar-refractivity contribution in [3.05, 3.63) is 53.2 Å². The topological polar surface area (TPSA) is 60.5 Å². The molecule has 22 heavy (non-hydrogen) atoms. The molecule has 0 atom stereocenters. The van der Waals surface area contributed by atoms with Crippen LogP contribution in [-0.4, -0.2) is 25.1 Å². The number of hydrogen-bond acceptors (Lipinski definition) is 4. The molecule has 0 bridgehead atoms. The van der Waals surface area contributed by atoms with E-state index in [1.165, 1.54) is 12.3 Å². The summed E-state index contributed by atoms with van der Waals surface area (Å²) in [6.45, 7) is 0. The Hall–Kier alpha value is -2.53. The number of amides is 1. The molecule has 0 fully saturated rings. The molecule has 1 N–H and O–H groups in total. The summed E-state index contributed by atoms with van der Waals surface area (Å²) in [6, 6.07) is 8.54. The fraction of sp³-hybridized carbons (Fsp3) is 0.125. The van der Waals surface area contributed by atoms with Crippen LogP contribution in [-0.2, 0) is 4.79 Å². The quantitative estimate of drug-likeness (QED) is 0.858. The molecule has 0 spiro atoms. The van der Waals surface area contributed by atoms with E-state index in [4.69, 9.17) is 21.1 Å². The fourth-order valence-corrected chi connectivity index (χ4v) is 1.94. The molecule has 0 saturated carbocycles. The van der Waals surface area contributed by atoms with Crippen LogP contribution in [0.2, 0.25) is 5.02 Å². The van der Waals surface area contributed by atoms with Gasteiger partial charge in [0.15, 0.2) is 0 Å². The Kier molecular flexibility index (Phi) is 5.38. The maximum Gasteiger partial charge on any atom is 0.249 e. The lowest BCUT2D eigenvalue weighted by Crippen LogP contribution is -2.08. The number of hydrogen-bond donors (Lipinski definition) is 1. The summed E-state index contributed by atoms with van der Waals surface area (Å²) in [6.07, 6.45) is 4.55. The number of aromatic nitrogens is 1. The number of nitrogens with zero attached hydrogens (tertiary/aromatic N) is 1. The van der Waals surface area contributed by atoms with Crippen LogP contribution in [0.4, 0.5) is 5.82 Å². The number of nitrogens with one attached hydrogen (secondary N) is 1. The van der Waals surface area contributed by atoms with Crippen LogP contribution in [0.3, 0.4) is 0 Å². The fourth-order valence-electron chi connectivity index (χ4n) is 1.78. The van der Waals surface area contributed by atoms with Gasteiger partial charge in [-0.05, 0) is 36.4 Å². The number of halogens is 1. The van der Waals surface area contributed by atoms with Crippen molar-refractivity contribution in [2.24, 2.45) is 0 Å². The van der Waals surface area contributed by atoms with E-state index in [-0.39, 0.29) is 5.91 Å². The molecule has 1 amide bonds. The average Bonchev–Trinajstić information content (AvgIpc) is 2.52. The van der Waals surface area contributed by atoms with Gasteiger partial charge in [-0.3, -0.25) is 4.79 Å². The summed E-state index contributed by atoms with van der Waals surface area (Å²) in [5, 5.41) is 3.13. The Bertz CT molecular complexity index is 702. The van der Waals surface area contributed by atoms with Gasteiger partial charge < -0.3 is 14.8 Å². The molecule has 1 heterocycles. The minimum atomic E-state index is -0.320. The summed E-state index contributed by atoms with van der Waals surface area (Å²) in [7, 11) is 3.14. The largest absolute Gasteiger partial charge is 0.497 e. The van der Waals surface area contributed by atoms with E-state index in [2.05, 4.69) is 10.3 Å². The summed E-state index contributed by atoms with van der Waals surface area (Å²) in [4.78, 5) is 15.9. The van der Waals surface area contributed by atoms with Crippen molar-refractivity contribution >= 4 is 29.4 Å². The molecule has 0 unspecified atom stereocenters. The number of benzene rings is 1. The van der Waals surface area contributed by atoms with E-state index in [0.29, 0.717) is 22.3 Å². The Morgan fingerprint density at radius 1 is 1.23 bits per heavy atom. The first-order valence-corrected chi connectivity index (χ1v) is 6.83. The molecular weight excluding hydrogens is 304 g/mol. The van der Waals surface area contributed by atoms with Gasteiger partial charge in [-0.15, -0.1) is 0 Å². The molecule has 1 aromatic heterocycles. The molecule has 2 aromatic rings. The second-order valence-corrected chi connectivity index (χ2v) is 4.73. The Labute approximate surface area is 133 Å². The first kappa shape index (κ1) is 15.9. The normalized spacial score (nSPS) is 10.5. The molecule has 6 heteroatoms. The summed E-state index contributed by atoms with van der Waals surface area (Å²) >= 11 is 5.83. The maximum absolute atomic E-state index is 11.9. The van der Waals surface area contributed by atoms with E-state index in [1.807, 2.05) is 0 Å². The maximum atomic E-state index is 11.9. The third-order valence-corrected chi connectivity index (χ3v) is 3.06. The van der Waals surface area contributed by atoms with Crippen molar-refractivity contribution in [2.75, 3.05) is 19.5 Å². The molecular formula is C16H15ClN2O3. The highest BCUT2D eigenvalue weighted by Gasteiger charge is 2.04. The Morgan fingerprint density at radius 3 is 2.73 bits per heavy atom. The van der Waals surface area contributed by atoms with Crippen molar-refractivity contribution in [2.45, 2.75) is 0 Å². The minimum Gasteiger partial charge on any atom is -0.497 e. The highest BCUT2D eigenvalue weighted by molar-refractivity contribution is 6.30. The van der Waals surface area contributed by atoms with E-state index >= 15 is 0 Å². The lowest BCUT2D eigenvalue weighted by atomic mass is 10.1. The number of methoxy groups -OCH3 is 2. The average molecular weight is 319 g/mol. The van der Waals surface area contributed by atoms with E-state index in [9.17, 15) is 4.79 Å². The second kappa shape index (κ2) is 7.47. The highest BCUT2D eigenvalue weighted by atomic mass is 35.5. The van der Waals surface area contributed by atoms with Crippen molar-refractivity contribution in [3.63, 3.8) is 0 Å². The molecule has 0 radical (unpaired) electrons. The minimum absolute atomic E-state index is 0.320. The second-order valence-electron chi connectivity index (χ2n) is 4.29. The van der Waals surface area contributed by atoms with Crippen molar-refractivity contribution in [1.82, 2.24) is 4.98 Å². The zero-order valence-electron chi connectivity index (χ0n) is 12.2. The van der Waals surface area contributed by atoms with E-state index < -0.39 is 0 Å². The first-order valence-electron chi connectivity index (χ1n) is 6.45. The zero-order chi connectivity index (χ0) is 15.9. The monoisotopic (exact) mass is 318 g/mol. The van der Waals surface area contributed by atoms with E-state index in [0.717, 1.165) is 5.56 Å². The summed E-state index contributed by atoms with van der Waals surface area (Å²) in [5.74, 6) is 1.39. The van der Waals surface area contributed by atoms with Gasteiger partial charge in [-0.2, -0.15) is 0 Å². The predicted molar refractivity (Wildman–Crippen MR) is 86.5 cm³/mol. The van der Waals surface area contributed by atoms with Gasteiger partial charge in [-0.1, -0.05) is 11.6 Å². The zero-order valence-corrected chi connectivity index (χ0v) is 12.9. The molecule has 1 aromatic carbocycles. The van der Waals surface area contributed by atoms with Crippen LogP contribution in [0.5, 0.6) is 11.5 Å². The Morgan fingerprint density at radius 2 is 2.05 bits per heavy atom. The first-order chi connectivity index (χ1) is 10.6.